The summed E-state index contributed by atoms with van der Waals surface area (Å²) in [4.78, 5) is 8.63. The minimum atomic E-state index is 0. The molecule has 0 aliphatic heterocycles. The molecule has 3 rings (SSSR count). The monoisotopic (exact) mass is 448 g/mol. The molecule has 0 fully saturated rings. The second-order valence-electron chi connectivity index (χ2n) is 5.32. The molecule has 0 amide bonds. The average Bonchev–Trinajstić information content (AvgIpc) is 3.16. The Morgan fingerprint density at radius 2 is 1.92 bits per heavy atom. The van der Waals surface area contributed by atoms with Gasteiger partial charge in [0.2, 0.25) is 0 Å². The molecule has 7 heteroatoms. The van der Waals surface area contributed by atoms with Crippen molar-refractivity contribution in [3.05, 3.63) is 78.4 Å². The van der Waals surface area contributed by atoms with E-state index < -0.39 is 0 Å². The van der Waals surface area contributed by atoms with Crippen LogP contribution in [0, 0.1) is 0 Å². The van der Waals surface area contributed by atoms with Gasteiger partial charge in [-0.25, -0.2) is 9.67 Å². The Bertz CT molecular complexity index is 769. The summed E-state index contributed by atoms with van der Waals surface area (Å²) in [5.74, 6) is 0.446. The third-order valence-corrected chi connectivity index (χ3v) is 3.55. The molecule has 0 aliphatic carbocycles. The maximum Gasteiger partial charge on any atom is 0.188 e. The molecule has 6 nitrogen and oxygen atoms in total. The first-order valence-electron chi connectivity index (χ1n) is 7.84. The van der Waals surface area contributed by atoms with Crippen LogP contribution in [-0.4, -0.2) is 27.3 Å². The van der Waals surface area contributed by atoms with Crippen molar-refractivity contribution in [2.24, 2.45) is 10.7 Å². The largest absolute Gasteiger partial charge is 0.370 e. The highest BCUT2D eigenvalue weighted by atomic mass is 127. The van der Waals surface area contributed by atoms with Crippen LogP contribution < -0.4 is 11.1 Å². The summed E-state index contributed by atoms with van der Waals surface area (Å²) >= 11 is 0. The van der Waals surface area contributed by atoms with Gasteiger partial charge < -0.3 is 11.1 Å². The topological polar surface area (TPSA) is 81.1 Å². The predicted octanol–water partition coefficient (Wildman–Crippen LogP) is 2.53. The number of pyridine rings is 1. The van der Waals surface area contributed by atoms with E-state index in [1.807, 2.05) is 59.4 Å². The van der Waals surface area contributed by atoms with Gasteiger partial charge in [-0.05, 0) is 35.9 Å². The summed E-state index contributed by atoms with van der Waals surface area (Å²) < 4.78 is 1.82. The fraction of sp³-hybridized carbons (Fsp3) is 0.167. The van der Waals surface area contributed by atoms with Gasteiger partial charge in [0.25, 0.3) is 0 Å². The number of nitrogens with zero attached hydrogens (tertiary/aromatic N) is 4. The van der Waals surface area contributed by atoms with Crippen LogP contribution in [0.25, 0.3) is 5.69 Å². The van der Waals surface area contributed by atoms with Gasteiger partial charge in [0.05, 0.1) is 12.2 Å². The lowest BCUT2D eigenvalue weighted by Crippen LogP contribution is -2.33. The summed E-state index contributed by atoms with van der Waals surface area (Å²) in [6, 6.07) is 15.9. The van der Waals surface area contributed by atoms with Gasteiger partial charge in [-0.1, -0.05) is 18.2 Å². The van der Waals surface area contributed by atoms with Crippen LogP contribution >= 0.6 is 24.0 Å². The van der Waals surface area contributed by atoms with E-state index >= 15 is 0 Å². The molecular formula is C18H21IN6. The number of hydrogen-bond acceptors (Lipinski definition) is 3. The molecule has 1 aromatic carbocycles. The van der Waals surface area contributed by atoms with Crippen LogP contribution in [0.5, 0.6) is 0 Å². The quantitative estimate of drug-likeness (QED) is 0.345. The Morgan fingerprint density at radius 3 is 2.60 bits per heavy atom. The fourth-order valence-corrected chi connectivity index (χ4v) is 2.27. The number of aliphatic imine (C=N–C) groups is 1. The molecule has 25 heavy (non-hydrogen) atoms. The van der Waals surface area contributed by atoms with Crippen molar-refractivity contribution >= 4 is 29.9 Å². The summed E-state index contributed by atoms with van der Waals surface area (Å²) in [5.41, 5.74) is 9.05. The molecule has 0 spiro atoms. The highest BCUT2D eigenvalue weighted by Crippen LogP contribution is 2.09. The van der Waals surface area contributed by atoms with E-state index in [0.717, 1.165) is 23.4 Å². The minimum absolute atomic E-state index is 0. The molecule has 3 N–H and O–H groups in total. The zero-order valence-electron chi connectivity index (χ0n) is 13.7. The van der Waals surface area contributed by atoms with Crippen LogP contribution in [-0.2, 0) is 13.0 Å². The number of hydrogen-bond donors (Lipinski definition) is 2. The predicted molar refractivity (Wildman–Crippen MR) is 110 cm³/mol. The summed E-state index contributed by atoms with van der Waals surface area (Å²) in [6.07, 6.45) is 6.28. The maximum absolute atomic E-state index is 5.90. The molecule has 2 aromatic heterocycles. The molecule has 0 unspecified atom stereocenters. The standard InChI is InChI=1S/C18H20N6.HI/c19-18(21-12-9-16-4-1-2-10-20-16)22-14-15-5-7-17(8-6-15)24-13-3-11-23-24;/h1-8,10-11,13H,9,12,14H2,(H3,19,21,22);1H. The molecular weight excluding hydrogens is 427 g/mol. The van der Waals surface area contributed by atoms with Gasteiger partial charge >= 0.3 is 0 Å². The first-order valence-corrected chi connectivity index (χ1v) is 7.84. The van der Waals surface area contributed by atoms with Crippen LogP contribution in [0.3, 0.4) is 0 Å². The molecule has 2 heterocycles. The summed E-state index contributed by atoms with van der Waals surface area (Å²) in [6.45, 7) is 1.26. The highest BCUT2D eigenvalue weighted by Gasteiger charge is 1.98. The minimum Gasteiger partial charge on any atom is -0.370 e. The van der Waals surface area contributed by atoms with Crippen LogP contribution in [0.2, 0.25) is 0 Å². The Balaban J connectivity index is 0.00000225. The van der Waals surface area contributed by atoms with Gasteiger partial charge in [-0.2, -0.15) is 5.10 Å². The van der Waals surface area contributed by atoms with Crippen molar-refractivity contribution < 1.29 is 0 Å². The molecule has 0 atom stereocenters. The number of nitrogens with one attached hydrogen (secondary N) is 1. The van der Waals surface area contributed by atoms with E-state index in [9.17, 15) is 0 Å². The third kappa shape index (κ3) is 5.86. The second kappa shape index (κ2) is 9.77. The Morgan fingerprint density at radius 1 is 1.08 bits per heavy atom. The molecule has 3 aromatic rings. The van der Waals surface area contributed by atoms with Crippen molar-refractivity contribution in [1.82, 2.24) is 20.1 Å². The summed E-state index contributed by atoms with van der Waals surface area (Å²) in [7, 11) is 0. The van der Waals surface area contributed by atoms with E-state index in [2.05, 4.69) is 20.4 Å². The molecule has 0 saturated heterocycles. The Labute approximate surface area is 164 Å². The lowest BCUT2D eigenvalue weighted by molar-refractivity contribution is 0.827. The zero-order chi connectivity index (χ0) is 16.6. The van der Waals surface area contributed by atoms with Gasteiger partial charge in [0, 0.05) is 37.3 Å². The van der Waals surface area contributed by atoms with Crippen molar-refractivity contribution in [2.75, 3.05) is 6.54 Å². The van der Waals surface area contributed by atoms with E-state index in [0.29, 0.717) is 19.0 Å². The highest BCUT2D eigenvalue weighted by molar-refractivity contribution is 14.0. The molecule has 0 saturated carbocycles. The maximum atomic E-state index is 5.90. The number of nitrogens with two attached hydrogens (primary N) is 1. The average molecular weight is 448 g/mol. The van der Waals surface area contributed by atoms with Crippen LogP contribution in [0.1, 0.15) is 11.3 Å². The Hall–Kier alpha value is -2.42. The van der Waals surface area contributed by atoms with Gasteiger partial charge in [0.15, 0.2) is 5.96 Å². The van der Waals surface area contributed by atoms with E-state index in [-0.39, 0.29) is 24.0 Å². The first-order chi connectivity index (χ1) is 11.8. The van der Waals surface area contributed by atoms with Crippen molar-refractivity contribution in [3.63, 3.8) is 0 Å². The van der Waals surface area contributed by atoms with E-state index in [1.54, 1.807) is 12.4 Å². The number of benzene rings is 1. The number of aromatic nitrogens is 3. The SMILES string of the molecule is I.NC(=NCc1ccc(-n2cccn2)cc1)NCCc1ccccn1. The van der Waals surface area contributed by atoms with Crippen molar-refractivity contribution in [3.8, 4) is 5.69 Å². The lowest BCUT2D eigenvalue weighted by Gasteiger charge is -2.06. The van der Waals surface area contributed by atoms with Crippen LogP contribution in [0.4, 0.5) is 0 Å². The normalized spacial score (nSPS) is 11.0. The molecule has 0 radical (unpaired) electrons. The zero-order valence-corrected chi connectivity index (χ0v) is 16.1. The van der Waals surface area contributed by atoms with Gasteiger partial charge in [-0.15, -0.1) is 24.0 Å². The number of guanidine groups is 1. The van der Waals surface area contributed by atoms with Gasteiger partial charge in [-0.3, -0.25) is 4.98 Å². The van der Waals surface area contributed by atoms with E-state index in [1.165, 1.54) is 0 Å². The molecule has 0 aliphatic rings. The summed E-state index contributed by atoms with van der Waals surface area (Å²) in [5, 5.41) is 7.31. The van der Waals surface area contributed by atoms with Crippen molar-refractivity contribution in [1.29, 1.82) is 0 Å². The van der Waals surface area contributed by atoms with E-state index in [4.69, 9.17) is 5.73 Å². The van der Waals surface area contributed by atoms with Crippen LogP contribution in [0.15, 0.2) is 72.1 Å². The van der Waals surface area contributed by atoms with Crippen molar-refractivity contribution in [2.45, 2.75) is 13.0 Å². The third-order valence-electron chi connectivity index (χ3n) is 3.55. The molecule has 130 valence electrons. The smallest absolute Gasteiger partial charge is 0.188 e. The number of rotatable bonds is 6. The van der Waals surface area contributed by atoms with Gasteiger partial charge in [0.1, 0.15) is 0 Å². The fourth-order valence-electron chi connectivity index (χ4n) is 2.27. The lowest BCUT2D eigenvalue weighted by atomic mass is 10.2. The number of halogens is 1. The molecule has 0 bridgehead atoms. The first kappa shape index (κ1) is 18.9. The second-order valence-corrected chi connectivity index (χ2v) is 5.32. The Kier molecular flexibility index (Phi) is 7.39.